The minimum absolute atomic E-state index is 0.633. The maximum atomic E-state index is 11.0. The molecule has 1 N–H and O–H groups in total. The minimum Gasteiger partial charge on any atom is -0.494 e. The zero-order valence-electron chi connectivity index (χ0n) is 13.2. The Balaban J connectivity index is 1.73. The van der Waals surface area contributed by atoms with Crippen molar-refractivity contribution in [2.75, 3.05) is 6.61 Å². The van der Waals surface area contributed by atoms with Gasteiger partial charge >= 0.3 is 5.97 Å². The number of carboxylic acids is 1. The molecule has 0 saturated heterocycles. The maximum absolute atomic E-state index is 11.0. The molecule has 0 aliphatic heterocycles. The molecule has 1 aliphatic carbocycles. The lowest BCUT2D eigenvalue weighted by Crippen LogP contribution is -2.23. The summed E-state index contributed by atoms with van der Waals surface area (Å²) in [5.41, 5.74) is 2.27. The van der Waals surface area contributed by atoms with Crippen LogP contribution in [0.15, 0.2) is 18.2 Å². The van der Waals surface area contributed by atoms with Crippen molar-refractivity contribution >= 4 is 5.97 Å². The number of carboxylic acid groups (broad SMARTS) is 1. The zero-order chi connectivity index (χ0) is 15.3. The van der Waals surface area contributed by atoms with Gasteiger partial charge < -0.3 is 9.84 Å². The molecule has 0 unspecified atom stereocenters. The molecule has 1 aliphatic rings. The Morgan fingerprint density at radius 1 is 1.19 bits per heavy atom. The fourth-order valence-corrected chi connectivity index (χ4v) is 2.77. The van der Waals surface area contributed by atoms with Crippen molar-refractivity contribution in [3.8, 4) is 5.75 Å². The lowest BCUT2D eigenvalue weighted by Gasteiger charge is -2.19. The third-order valence-electron chi connectivity index (χ3n) is 4.36. The first-order valence-electron chi connectivity index (χ1n) is 7.97. The lowest BCUT2D eigenvalue weighted by molar-refractivity contribution is -0.147. The standard InChI is InChI=1S/C18H26O3/c1-18(2,17(19)20)11-5-6-12-21-16-10-9-14-7-3-4-8-15(14)13-16/h9-10,13H,3-8,11-12H2,1-2H3,(H,19,20). The largest absolute Gasteiger partial charge is 0.494 e. The number of fused-ring (bicyclic) bond motifs is 1. The van der Waals surface area contributed by atoms with Crippen molar-refractivity contribution < 1.29 is 14.6 Å². The van der Waals surface area contributed by atoms with Crippen molar-refractivity contribution in [2.45, 2.75) is 58.8 Å². The summed E-state index contributed by atoms with van der Waals surface area (Å²) in [7, 11) is 0. The van der Waals surface area contributed by atoms with E-state index in [1.54, 1.807) is 13.8 Å². The number of rotatable bonds is 7. The molecule has 0 heterocycles. The van der Waals surface area contributed by atoms with Gasteiger partial charge in [-0.3, -0.25) is 4.79 Å². The Hall–Kier alpha value is -1.51. The van der Waals surface area contributed by atoms with Crippen LogP contribution in [0.4, 0.5) is 0 Å². The number of hydrogen-bond acceptors (Lipinski definition) is 2. The van der Waals surface area contributed by atoms with Crippen LogP contribution in [0.3, 0.4) is 0 Å². The van der Waals surface area contributed by atoms with Crippen LogP contribution in [0.5, 0.6) is 5.75 Å². The van der Waals surface area contributed by atoms with Gasteiger partial charge in [0, 0.05) is 0 Å². The summed E-state index contributed by atoms with van der Waals surface area (Å²) in [5.74, 6) is 0.228. The number of carbonyl (C=O) groups is 1. The smallest absolute Gasteiger partial charge is 0.309 e. The highest BCUT2D eigenvalue weighted by atomic mass is 16.5. The number of aliphatic carboxylic acids is 1. The molecule has 21 heavy (non-hydrogen) atoms. The zero-order valence-corrected chi connectivity index (χ0v) is 13.2. The SMILES string of the molecule is CC(C)(CCCCOc1ccc2c(c1)CCCC2)C(=O)O. The van der Waals surface area contributed by atoms with Gasteiger partial charge in [-0.05, 0) is 82.1 Å². The fraction of sp³-hybridized carbons (Fsp3) is 0.611. The Kier molecular flexibility index (Phi) is 5.27. The molecule has 0 radical (unpaired) electrons. The molecule has 0 spiro atoms. The predicted octanol–water partition coefficient (Wildman–Crippen LogP) is 4.23. The highest BCUT2D eigenvalue weighted by molar-refractivity contribution is 5.73. The van der Waals surface area contributed by atoms with E-state index in [9.17, 15) is 4.79 Å². The summed E-state index contributed by atoms with van der Waals surface area (Å²) in [5, 5.41) is 9.06. The van der Waals surface area contributed by atoms with Gasteiger partial charge in [-0.2, -0.15) is 0 Å². The van der Waals surface area contributed by atoms with Crippen LogP contribution in [0.1, 0.15) is 57.1 Å². The van der Waals surface area contributed by atoms with E-state index in [1.807, 2.05) is 0 Å². The second-order valence-electron chi connectivity index (χ2n) is 6.63. The molecule has 3 nitrogen and oxygen atoms in total. The second-order valence-corrected chi connectivity index (χ2v) is 6.63. The van der Waals surface area contributed by atoms with Crippen LogP contribution < -0.4 is 4.74 Å². The molecule has 1 aromatic carbocycles. The van der Waals surface area contributed by atoms with Crippen LogP contribution in [0.25, 0.3) is 0 Å². The second kappa shape index (κ2) is 6.97. The van der Waals surface area contributed by atoms with Crippen LogP contribution in [0.2, 0.25) is 0 Å². The van der Waals surface area contributed by atoms with E-state index in [-0.39, 0.29) is 0 Å². The monoisotopic (exact) mass is 290 g/mol. The topological polar surface area (TPSA) is 46.5 Å². The van der Waals surface area contributed by atoms with Crippen LogP contribution in [-0.2, 0) is 17.6 Å². The van der Waals surface area contributed by atoms with Gasteiger partial charge in [-0.25, -0.2) is 0 Å². The maximum Gasteiger partial charge on any atom is 0.309 e. The van der Waals surface area contributed by atoms with Gasteiger partial charge in [0.15, 0.2) is 0 Å². The molecule has 0 fully saturated rings. The Morgan fingerprint density at radius 3 is 2.62 bits per heavy atom. The van der Waals surface area contributed by atoms with Crippen molar-refractivity contribution in [2.24, 2.45) is 5.41 Å². The average molecular weight is 290 g/mol. The number of hydrogen-bond donors (Lipinski definition) is 1. The summed E-state index contributed by atoms with van der Waals surface area (Å²) < 4.78 is 5.80. The van der Waals surface area contributed by atoms with Crippen LogP contribution in [-0.4, -0.2) is 17.7 Å². The van der Waals surface area contributed by atoms with Gasteiger partial charge in [0.25, 0.3) is 0 Å². The average Bonchev–Trinajstić information content (AvgIpc) is 2.46. The highest BCUT2D eigenvalue weighted by Gasteiger charge is 2.25. The van der Waals surface area contributed by atoms with Gasteiger partial charge in [0.05, 0.1) is 12.0 Å². The van der Waals surface area contributed by atoms with E-state index in [0.717, 1.165) is 18.6 Å². The molecule has 116 valence electrons. The van der Waals surface area contributed by atoms with E-state index in [4.69, 9.17) is 9.84 Å². The first-order chi connectivity index (χ1) is 9.99. The molecule has 1 aromatic rings. The molecule has 0 aromatic heterocycles. The van der Waals surface area contributed by atoms with Crippen molar-refractivity contribution in [1.82, 2.24) is 0 Å². The molecular weight excluding hydrogens is 264 g/mol. The van der Waals surface area contributed by atoms with Crippen molar-refractivity contribution in [3.63, 3.8) is 0 Å². The normalized spacial score (nSPS) is 14.6. The number of ether oxygens (including phenoxy) is 1. The van der Waals surface area contributed by atoms with Gasteiger partial charge in [0.1, 0.15) is 5.75 Å². The highest BCUT2D eigenvalue weighted by Crippen LogP contribution is 2.26. The van der Waals surface area contributed by atoms with E-state index in [0.29, 0.717) is 13.0 Å². The quantitative estimate of drug-likeness (QED) is 0.765. The fourth-order valence-electron chi connectivity index (χ4n) is 2.77. The predicted molar refractivity (Wildman–Crippen MR) is 83.8 cm³/mol. The van der Waals surface area contributed by atoms with Gasteiger partial charge in [0.2, 0.25) is 0 Å². The number of unbranched alkanes of at least 4 members (excludes halogenated alkanes) is 1. The van der Waals surface area contributed by atoms with Crippen molar-refractivity contribution in [3.05, 3.63) is 29.3 Å². The molecule has 0 bridgehead atoms. The van der Waals surface area contributed by atoms with E-state index in [2.05, 4.69) is 18.2 Å². The third kappa shape index (κ3) is 4.48. The molecular formula is C18H26O3. The molecule has 2 rings (SSSR count). The summed E-state index contributed by atoms with van der Waals surface area (Å²) in [4.78, 5) is 11.0. The summed E-state index contributed by atoms with van der Waals surface area (Å²) in [6.45, 7) is 4.22. The first-order valence-corrected chi connectivity index (χ1v) is 7.97. The van der Waals surface area contributed by atoms with Gasteiger partial charge in [-0.1, -0.05) is 6.07 Å². The molecule has 0 saturated carbocycles. The summed E-state index contributed by atoms with van der Waals surface area (Å²) in [6.07, 6.45) is 7.40. The van der Waals surface area contributed by atoms with E-state index >= 15 is 0 Å². The molecule has 0 atom stereocenters. The number of benzene rings is 1. The third-order valence-corrected chi connectivity index (χ3v) is 4.36. The Bertz CT molecular complexity index is 491. The van der Waals surface area contributed by atoms with Crippen LogP contribution >= 0.6 is 0 Å². The van der Waals surface area contributed by atoms with Crippen molar-refractivity contribution in [1.29, 1.82) is 0 Å². The Labute approximate surface area is 127 Å². The summed E-state index contributed by atoms with van der Waals surface area (Å²) in [6, 6.07) is 6.43. The summed E-state index contributed by atoms with van der Waals surface area (Å²) >= 11 is 0. The molecule has 3 heteroatoms. The van der Waals surface area contributed by atoms with Crippen LogP contribution in [0, 0.1) is 5.41 Å². The van der Waals surface area contributed by atoms with Gasteiger partial charge in [-0.15, -0.1) is 0 Å². The number of aryl methyl sites for hydroxylation is 2. The first kappa shape index (κ1) is 15.9. The minimum atomic E-state index is -0.724. The van der Waals surface area contributed by atoms with E-state index in [1.165, 1.54) is 36.8 Å². The molecule has 0 amide bonds. The lowest BCUT2D eigenvalue weighted by atomic mass is 9.87. The Morgan fingerprint density at radius 2 is 1.90 bits per heavy atom. The van der Waals surface area contributed by atoms with E-state index < -0.39 is 11.4 Å².